The predicted molar refractivity (Wildman–Crippen MR) is 81.0 cm³/mol. The van der Waals surface area contributed by atoms with Crippen molar-refractivity contribution in [2.45, 2.75) is 59.1 Å². The van der Waals surface area contributed by atoms with Crippen LogP contribution in [0, 0.1) is 0 Å². The van der Waals surface area contributed by atoms with Crippen molar-refractivity contribution in [3.8, 4) is 0 Å². The van der Waals surface area contributed by atoms with Crippen molar-refractivity contribution in [2.75, 3.05) is 13.2 Å². The molecule has 0 aromatic rings. The Kier molecular flexibility index (Phi) is 6.14. The molecule has 0 radical (unpaired) electrons. The Labute approximate surface area is 131 Å². The number of likely N-dealkylation sites (tertiary alicyclic amines) is 1. The molecule has 0 spiro atoms. The fourth-order valence-corrected chi connectivity index (χ4v) is 2.27. The van der Waals surface area contributed by atoms with E-state index in [1.165, 1.54) is 4.90 Å². The van der Waals surface area contributed by atoms with Gasteiger partial charge in [0.25, 0.3) is 0 Å². The van der Waals surface area contributed by atoms with Crippen LogP contribution in [0.4, 0.5) is 0 Å². The summed E-state index contributed by atoms with van der Waals surface area (Å²) in [6.45, 7) is 9.34. The Morgan fingerprint density at radius 1 is 1.27 bits per heavy atom. The summed E-state index contributed by atoms with van der Waals surface area (Å²) in [5, 5.41) is 0. The van der Waals surface area contributed by atoms with E-state index in [0.717, 1.165) is 12.5 Å². The summed E-state index contributed by atoms with van der Waals surface area (Å²) >= 11 is 0. The van der Waals surface area contributed by atoms with Gasteiger partial charge in [-0.2, -0.15) is 0 Å². The molecular formula is C16H25NO5. The molecule has 0 aromatic heterocycles. The minimum absolute atomic E-state index is 0.251. The second-order valence-electron chi connectivity index (χ2n) is 6.27. The maximum absolute atomic E-state index is 12.4. The summed E-state index contributed by atoms with van der Waals surface area (Å²) in [5.74, 6) is -1.29. The molecule has 1 heterocycles. The second kappa shape index (κ2) is 7.42. The van der Waals surface area contributed by atoms with Crippen molar-refractivity contribution in [1.82, 2.24) is 4.90 Å². The molecule has 124 valence electrons. The molecule has 1 fully saturated rings. The minimum Gasteiger partial charge on any atom is -0.463 e. The quantitative estimate of drug-likeness (QED) is 0.585. The highest BCUT2D eigenvalue weighted by molar-refractivity contribution is 6.00. The highest BCUT2D eigenvalue weighted by Crippen LogP contribution is 2.22. The van der Waals surface area contributed by atoms with Crippen LogP contribution in [0.2, 0.25) is 0 Å². The van der Waals surface area contributed by atoms with E-state index in [4.69, 9.17) is 9.47 Å². The molecule has 0 N–H and O–H groups in total. The van der Waals surface area contributed by atoms with Gasteiger partial charge >= 0.3 is 11.9 Å². The lowest BCUT2D eigenvalue weighted by Crippen LogP contribution is -2.44. The van der Waals surface area contributed by atoms with Gasteiger partial charge in [-0.15, -0.1) is 0 Å². The molecule has 0 aromatic carbocycles. The zero-order chi connectivity index (χ0) is 16.9. The average Bonchev–Trinajstić information content (AvgIpc) is 2.85. The number of hydrogen-bond acceptors (Lipinski definition) is 5. The van der Waals surface area contributed by atoms with Crippen LogP contribution >= 0.6 is 0 Å². The Bertz CT molecular complexity index is 475. The van der Waals surface area contributed by atoms with Gasteiger partial charge in [0.15, 0.2) is 0 Å². The number of carbonyl (C=O) groups excluding carboxylic acids is 3. The van der Waals surface area contributed by atoms with Crippen LogP contribution in [0.1, 0.15) is 47.5 Å². The third-order valence-electron chi connectivity index (χ3n) is 3.15. The van der Waals surface area contributed by atoms with E-state index in [1.807, 2.05) is 0 Å². The Morgan fingerprint density at radius 3 is 2.45 bits per heavy atom. The van der Waals surface area contributed by atoms with Crippen LogP contribution in [0.15, 0.2) is 11.6 Å². The SMILES string of the molecule is CCOC(=O)/C=C(\C)C(=O)N1CCC[C@H]1C(=O)OC(C)(C)C. The molecule has 1 rings (SSSR count). The molecule has 1 saturated heterocycles. The fourth-order valence-electron chi connectivity index (χ4n) is 2.27. The van der Waals surface area contributed by atoms with Gasteiger partial charge in [0.1, 0.15) is 11.6 Å². The van der Waals surface area contributed by atoms with Crippen LogP contribution in [0.3, 0.4) is 0 Å². The van der Waals surface area contributed by atoms with Gasteiger partial charge in [-0.1, -0.05) is 0 Å². The zero-order valence-corrected chi connectivity index (χ0v) is 14.0. The van der Waals surface area contributed by atoms with Gasteiger partial charge in [-0.05, 0) is 47.5 Å². The minimum atomic E-state index is -0.593. The molecule has 6 heteroatoms. The van der Waals surface area contributed by atoms with E-state index in [0.29, 0.717) is 13.0 Å². The van der Waals surface area contributed by atoms with E-state index in [2.05, 4.69) is 0 Å². The van der Waals surface area contributed by atoms with Gasteiger partial charge in [0.2, 0.25) is 5.91 Å². The monoisotopic (exact) mass is 311 g/mol. The summed E-state index contributed by atoms with van der Waals surface area (Å²) in [7, 11) is 0. The summed E-state index contributed by atoms with van der Waals surface area (Å²) in [6.07, 6.45) is 2.48. The summed E-state index contributed by atoms with van der Waals surface area (Å²) in [4.78, 5) is 37.5. The Morgan fingerprint density at radius 2 is 1.91 bits per heavy atom. The lowest BCUT2D eigenvalue weighted by molar-refractivity contribution is -0.162. The average molecular weight is 311 g/mol. The van der Waals surface area contributed by atoms with E-state index < -0.39 is 23.6 Å². The molecule has 0 unspecified atom stereocenters. The summed E-state index contributed by atoms with van der Waals surface area (Å²) in [5.41, 5.74) is -0.335. The van der Waals surface area contributed by atoms with Gasteiger partial charge in [0.05, 0.1) is 6.61 Å². The summed E-state index contributed by atoms with van der Waals surface area (Å²) < 4.78 is 10.1. The van der Waals surface area contributed by atoms with Crippen LogP contribution in [0.5, 0.6) is 0 Å². The van der Waals surface area contributed by atoms with Crippen LogP contribution in [0.25, 0.3) is 0 Å². The predicted octanol–water partition coefficient (Wildman–Crippen LogP) is 1.83. The van der Waals surface area contributed by atoms with Gasteiger partial charge < -0.3 is 14.4 Å². The van der Waals surface area contributed by atoms with Gasteiger partial charge in [0, 0.05) is 18.2 Å². The number of nitrogens with zero attached hydrogens (tertiary/aromatic N) is 1. The molecule has 0 saturated carbocycles. The first-order valence-corrected chi connectivity index (χ1v) is 7.54. The smallest absolute Gasteiger partial charge is 0.331 e. The van der Waals surface area contributed by atoms with E-state index in [-0.39, 0.29) is 18.1 Å². The van der Waals surface area contributed by atoms with Crippen molar-refractivity contribution in [3.05, 3.63) is 11.6 Å². The summed E-state index contributed by atoms with van der Waals surface area (Å²) in [6, 6.07) is -0.586. The van der Waals surface area contributed by atoms with Crippen molar-refractivity contribution in [3.63, 3.8) is 0 Å². The topological polar surface area (TPSA) is 72.9 Å². The zero-order valence-electron chi connectivity index (χ0n) is 14.0. The van der Waals surface area contributed by atoms with Gasteiger partial charge in [-0.25, -0.2) is 9.59 Å². The first-order valence-electron chi connectivity index (χ1n) is 7.54. The third-order valence-corrected chi connectivity index (χ3v) is 3.15. The molecule has 1 aliphatic heterocycles. The number of esters is 2. The lowest BCUT2D eigenvalue weighted by atomic mass is 10.1. The van der Waals surface area contributed by atoms with Gasteiger partial charge in [-0.3, -0.25) is 4.79 Å². The van der Waals surface area contributed by atoms with Crippen LogP contribution in [-0.4, -0.2) is 47.5 Å². The largest absolute Gasteiger partial charge is 0.463 e. The normalized spacial score (nSPS) is 19.0. The Hall–Kier alpha value is -1.85. The molecule has 1 atom stereocenters. The highest BCUT2D eigenvalue weighted by atomic mass is 16.6. The number of rotatable bonds is 4. The number of amides is 1. The highest BCUT2D eigenvalue weighted by Gasteiger charge is 2.37. The molecule has 6 nitrogen and oxygen atoms in total. The second-order valence-corrected chi connectivity index (χ2v) is 6.27. The molecule has 1 aliphatic rings. The van der Waals surface area contributed by atoms with Crippen molar-refractivity contribution < 1.29 is 23.9 Å². The van der Waals surface area contributed by atoms with Crippen molar-refractivity contribution >= 4 is 17.8 Å². The maximum atomic E-state index is 12.4. The standard InChI is InChI=1S/C16H25NO5/c1-6-21-13(18)10-11(2)14(19)17-9-7-8-12(17)15(20)22-16(3,4)5/h10,12H,6-9H2,1-5H3/b11-10+/t12-/m0/s1. The third kappa shape index (κ3) is 5.16. The van der Waals surface area contributed by atoms with E-state index in [9.17, 15) is 14.4 Å². The van der Waals surface area contributed by atoms with Crippen molar-refractivity contribution in [1.29, 1.82) is 0 Å². The van der Waals surface area contributed by atoms with E-state index in [1.54, 1.807) is 34.6 Å². The first-order chi connectivity index (χ1) is 10.2. The van der Waals surface area contributed by atoms with Crippen molar-refractivity contribution in [2.24, 2.45) is 0 Å². The number of carbonyl (C=O) groups is 3. The maximum Gasteiger partial charge on any atom is 0.331 e. The first kappa shape index (κ1) is 18.2. The molecular weight excluding hydrogens is 286 g/mol. The van der Waals surface area contributed by atoms with E-state index >= 15 is 0 Å². The molecule has 0 bridgehead atoms. The van der Waals surface area contributed by atoms with Crippen LogP contribution in [-0.2, 0) is 23.9 Å². The lowest BCUT2D eigenvalue weighted by Gasteiger charge is -2.27. The fraction of sp³-hybridized carbons (Fsp3) is 0.688. The molecule has 1 amide bonds. The number of ether oxygens (including phenoxy) is 2. The number of hydrogen-bond donors (Lipinski definition) is 0. The molecule has 0 aliphatic carbocycles. The Balaban J connectivity index is 2.79. The van der Waals surface area contributed by atoms with Crippen LogP contribution < -0.4 is 0 Å². The molecule has 22 heavy (non-hydrogen) atoms.